The summed E-state index contributed by atoms with van der Waals surface area (Å²) in [6, 6.07) is -1.70. The fourth-order valence-corrected chi connectivity index (χ4v) is 0. The third kappa shape index (κ3) is 3.84. The molecule has 1 N–H and O–H groups in total. The second kappa shape index (κ2) is 1.53. The van der Waals surface area contributed by atoms with Crippen LogP contribution in [0.25, 0.3) is 0 Å². The molecule has 0 bridgehead atoms. The van der Waals surface area contributed by atoms with Crippen molar-refractivity contribution in [2.45, 2.75) is 0 Å². The van der Waals surface area contributed by atoms with Gasteiger partial charge in [-0.3, -0.25) is 4.55 Å². The van der Waals surface area contributed by atoms with Crippen LogP contribution in [-0.2, 0) is 10.1 Å². The van der Waals surface area contributed by atoms with Gasteiger partial charge >= 0.3 is 0 Å². The van der Waals surface area contributed by atoms with Crippen molar-refractivity contribution in [3.05, 3.63) is 0 Å². The summed E-state index contributed by atoms with van der Waals surface area (Å²) in [6.45, 7) is 0. The maximum Gasteiger partial charge on any atom is 0.294 e. The summed E-state index contributed by atoms with van der Waals surface area (Å²) in [5, 5.41) is 0. The number of hydrogen-bond donors (Lipinski definition) is 1. The van der Waals surface area contributed by atoms with Gasteiger partial charge in [-0.2, -0.15) is 8.42 Å². The van der Waals surface area contributed by atoms with E-state index in [0.717, 1.165) is 0 Å². The van der Waals surface area contributed by atoms with Crippen molar-refractivity contribution < 1.29 is 17.4 Å². The van der Waals surface area contributed by atoms with Crippen LogP contribution in [0.4, 0.5) is 4.39 Å². The molecule has 0 aromatic rings. The molecule has 38 valence electrons. The molecule has 0 aromatic heterocycles. The number of rotatable bonds is 1. The summed E-state index contributed by atoms with van der Waals surface area (Å²) in [6.07, 6.45) is 0. The fraction of sp³-hybridized carbons (Fsp3) is 1.00. The highest BCUT2D eigenvalue weighted by atomic mass is 32.2. The van der Waals surface area contributed by atoms with Crippen molar-refractivity contribution in [3.63, 3.8) is 0 Å². The normalized spacial score (nSPS) is 11.7. The van der Waals surface area contributed by atoms with Crippen LogP contribution in [0, 0.1) is 0 Å². The predicted octanol–water partition coefficient (Wildman–Crippen LogP) is -0.199. The van der Waals surface area contributed by atoms with Crippen molar-refractivity contribution in [2.24, 2.45) is 0 Å². The fourth-order valence-electron chi connectivity index (χ4n) is 0. The molecule has 0 aliphatic rings. The Kier molecular flexibility index (Phi) is 1.48. The first-order valence-corrected chi connectivity index (χ1v) is 2.68. The summed E-state index contributed by atoms with van der Waals surface area (Å²) in [7, 11) is -4.33. The van der Waals surface area contributed by atoms with Gasteiger partial charge in [-0.15, -0.1) is 0 Å². The lowest BCUT2D eigenvalue weighted by atomic mass is 11.8. The maximum atomic E-state index is 10.7. The number of hydrogen-bond acceptors (Lipinski definition) is 2. The van der Waals surface area contributed by atoms with Crippen LogP contribution < -0.4 is 0 Å². The largest absolute Gasteiger partial charge is 0.294 e. The van der Waals surface area contributed by atoms with E-state index < -0.39 is 16.1 Å². The molecule has 0 saturated heterocycles. The third-order valence-electron chi connectivity index (χ3n) is 0.138. The molecule has 0 atom stereocenters. The highest BCUT2D eigenvalue weighted by molar-refractivity contribution is 7.85. The van der Waals surface area contributed by atoms with Crippen molar-refractivity contribution in [3.8, 4) is 0 Å². The minimum Gasteiger partial charge on any atom is -0.284 e. The molecule has 0 amide bonds. The SMILES string of the molecule is O=S(=O)(O)CF. The number of halogens is 1. The van der Waals surface area contributed by atoms with E-state index in [1.165, 1.54) is 0 Å². The molecule has 3 nitrogen and oxygen atoms in total. The molecule has 0 saturated carbocycles. The Morgan fingerprint density at radius 3 is 1.83 bits per heavy atom. The van der Waals surface area contributed by atoms with Gasteiger partial charge in [0.1, 0.15) is 0 Å². The van der Waals surface area contributed by atoms with Crippen LogP contribution in [0.5, 0.6) is 0 Å². The molecular formula is CH3FO3S. The first kappa shape index (κ1) is 5.84. The monoisotopic (exact) mass is 114 g/mol. The molecular weight excluding hydrogens is 111 g/mol. The minimum absolute atomic E-state index is 1.70. The molecule has 6 heavy (non-hydrogen) atoms. The van der Waals surface area contributed by atoms with Crippen LogP contribution >= 0.6 is 0 Å². The molecule has 0 radical (unpaired) electrons. The van der Waals surface area contributed by atoms with E-state index in [-0.39, 0.29) is 0 Å². The Bertz CT molecular complexity index is 113. The smallest absolute Gasteiger partial charge is 0.284 e. The van der Waals surface area contributed by atoms with Gasteiger partial charge in [0, 0.05) is 0 Å². The second-order valence-corrected chi connectivity index (χ2v) is 2.07. The third-order valence-corrected chi connectivity index (χ3v) is 0.414. The van der Waals surface area contributed by atoms with Gasteiger partial charge in [-0.25, -0.2) is 4.39 Å². The molecule has 0 spiro atoms. The quantitative estimate of drug-likeness (QED) is 0.480. The molecule has 0 aliphatic heterocycles. The van der Waals surface area contributed by atoms with Crippen molar-refractivity contribution in [1.82, 2.24) is 0 Å². The van der Waals surface area contributed by atoms with Crippen molar-refractivity contribution >= 4 is 10.1 Å². The molecule has 0 aliphatic carbocycles. The first-order chi connectivity index (χ1) is 2.56. The van der Waals surface area contributed by atoms with Gasteiger partial charge in [-0.05, 0) is 0 Å². The first-order valence-electron chi connectivity index (χ1n) is 1.07. The van der Waals surface area contributed by atoms with E-state index in [1.54, 1.807) is 0 Å². The van der Waals surface area contributed by atoms with E-state index >= 15 is 0 Å². The molecule has 0 heterocycles. The average Bonchev–Trinajstić information content (AvgIpc) is 1.35. The van der Waals surface area contributed by atoms with Gasteiger partial charge in [0.25, 0.3) is 10.1 Å². The molecule has 5 heteroatoms. The molecule has 0 fully saturated rings. The van der Waals surface area contributed by atoms with Gasteiger partial charge < -0.3 is 0 Å². The van der Waals surface area contributed by atoms with Crippen LogP contribution in [0.1, 0.15) is 0 Å². The minimum atomic E-state index is -4.33. The van der Waals surface area contributed by atoms with E-state index in [4.69, 9.17) is 4.55 Å². The second-order valence-electron chi connectivity index (χ2n) is 0.691. The Labute approximate surface area is 34.5 Å². The highest BCUT2D eigenvalue weighted by Gasteiger charge is 1.97. The summed E-state index contributed by atoms with van der Waals surface area (Å²) in [5.41, 5.74) is 0. The summed E-state index contributed by atoms with van der Waals surface area (Å²) in [4.78, 5) is 0. The Balaban J connectivity index is 3.85. The average molecular weight is 114 g/mol. The lowest BCUT2D eigenvalue weighted by Crippen LogP contribution is -1.96. The highest BCUT2D eigenvalue weighted by Crippen LogP contribution is 1.77. The van der Waals surface area contributed by atoms with E-state index in [2.05, 4.69) is 0 Å². The summed E-state index contributed by atoms with van der Waals surface area (Å²) < 4.78 is 36.4. The molecule has 0 unspecified atom stereocenters. The summed E-state index contributed by atoms with van der Waals surface area (Å²) >= 11 is 0. The Morgan fingerprint density at radius 2 is 1.83 bits per heavy atom. The molecule has 0 aromatic carbocycles. The zero-order chi connectivity index (χ0) is 5.21. The van der Waals surface area contributed by atoms with Crippen LogP contribution in [0.2, 0.25) is 0 Å². The van der Waals surface area contributed by atoms with Gasteiger partial charge in [0.15, 0.2) is 0 Å². The lowest BCUT2D eigenvalue weighted by molar-refractivity contribution is 0.447. The van der Waals surface area contributed by atoms with E-state index in [9.17, 15) is 12.8 Å². The number of alkyl halides is 1. The summed E-state index contributed by atoms with van der Waals surface area (Å²) in [5.74, 6) is 0. The topological polar surface area (TPSA) is 54.4 Å². The molecule has 0 rings (SSSR count). The van der Waals surface area contributed by atoms with Gasteiger partial charge in [-0.1, -0.05) is 0 Å². The van der Waals surface area contributed by atoms with Crippen LogP contribution in [0.3, 0.4) is 0 Å². The zero-order valence-electron chi connectivity index (χ0n) is 2.76. The van der Waals surface area contributed by atoms with Crippen LogP contribution in [0.15, 0.2) is 0 Å². The standard InChI is InChI=1S/CH3FO3S/c2-1-6(3,4)5/h1H2,(H,3,4,5). The Hall–Kier alpha value is -0.160. The maximum absolute atomic E-state index is 10.7. The zero-order valence-corrected chi connectivity index (χ0v) is 3.57. The Morgan fingerprint density at radius 1 is 1.67 bits per heavy atom. The predicted molar refractivity (Wildman–Crippen MR) is 17.5 cm³/mol. The van der Waals surface area contributed by atoms with E-state index in [1.807, 2.05) is 0 Å². The van der Waals surface area contributed by atoms with Crippen LogP contribution in [-0.4, -0.2) is 19.0 Å². The van der Waals surface area contributed by atoms with Gasteiger partial charge in [0.2, 0.25) is 6.01 Å². The van der Waals surface area contributed by atoms with Crippen molar-refractivity contribution in [2.75, 3.05) is 6.01 Å². The van der Waals surface area contributed by atoms with Gasteiger partial charge in [0.05, 0.1) is 0 Å². The lowest BCUT2D eigenvalue weighted by Gasteiger charge is -1.77. The van der Waals surface area contributed by atoms with Crippen molar-refractivity contribution in [1.29, 1.82) is 0 Å². The van der Waals surface area contributed by atoms with E-state index in [0.29, 0.717) is 0 Å².